The van der Waals surface area contributed by atoms with E-state index in [4.69, 9.17) is 20.1 Å². The van der Waals surface area contributed by atoms with Crippen molar-refractivity contribution in [2.75, 3.05) is 13.2 Å². The second-order valence-corrected chi connectivity index (χ2v) is 4.36. The van der Waals surface area contributed by atoms with Crippen molar-refractivity contribution in [2.24, 2.45) is 5.73 Å². The Hall–Kier alpha value is -0.980. The third-order valence-electron chi connectivity index (χ3n) is 2.97. The number of aliphatic hydroxyl groups excluding tert-OH is 1. The second kappa shape index (κ2) is 6.09. The Morgan fingerprint density at radius 3 is 3.06 bits per heavy atom. The van der Waals surface area contributed by atoms with E-state index in [2.05, 4.69) is 10.1 Å². The van der Waals surface area contributed by atoms with Gasteiger partial charge >= 0.3 is 0 Å². The van der Waals surface area contributed by atoms with E-state index in [9.17, 15) is 0 Å². The summed E-state index contributed by atoms with van der Waals surface area (Å²) in [5, 5.41) is 12.6. The fraction of sp³-hybridized carbons (Fsp3) is 0.818. The van der Waals surface area contributed by atoms with Crippen LogP contribution in [-0.4, -0.2) is 34.6 Å². The zero-order valence-electron chi connectivity index (χ0n) is 9.84. The van der Waals surface area contributed by atoms with Crippen molar-refractivity contribution in [1.29, 1.82) is 0 Å². The smallest absolute Gasteiger partial charge is 0.226 e. The summed E-state index contributed by atoms with van der Waals surface area (Å²) >= 11 is 0. The van der Waals surface area contributed by atoms with Gasteiger partial charge in [-0.1, -0.05) is 5.16 Å². The molecule has 0 saturated carbocycles. The van der Waals surface area contributed by atoms with Crippen molar-refractivity contribution in [3.63, 3.8) is 0 Å². The summed E-state index contributed by atoms with van der Waals surface area (Å²) in [6, 6.07) is -0.557. The van der Waals surface area contributed by atoms with Crippen LogP contribution in [-0.2, 0) is 11.2 Å². The molecule has 1 saturated heterocycles. The van der Waals surface area contributed by atoms with Gasteiger partial charge < -0.3 is 20.1 Å². The topological polar surface area (TPSA) is 94.4 Å². The maximum Gasteiger partial charge on any atom is 0.226 e. The fourth-order valence-corrected chi connectivity index (χ4v) is 1.92. The van der Waals surface area contributed by atoms with Gasteiger partial charge in [0.1, 0.15) is 0 Å². The molecule has 2 rings (SSSR count). The van der Waals surface area contributed by atoms with Crippen LogP contribution in [0.1, 0.15) is 43.4 Å². The fourth-order valence-electron chi connectivity index (χ4n) is 1.92. The number of aromatic nitrogens is 2. The minimum atomic E-state index is -0.557. The molecule has 2 heterocycles. The summed E-state index contributed by atoms with van der Waals surface area (Å²) in [5.74, 6) is 0.935. The molecule has 6 nitrogen and oxygen atoms in total. The number of hydrogen-bond acceptors (Lipinski definition) is 6. The van der Waals surface area contributed by atoms with E-state index in [1.54, 1.807) is 0 Å². The molecule has 1 aliphatic rings. The number of hydrogen-bond donors (Lipinski definition) is 2. The van der Waals surface area contributed by atoms with Gasteiger partial charge in [-0.3, -0.25) is 0 Å². The van der Waals surface area contributed by atoms with Crippen LogP contribution < -0.4 is 5.73 Å². The molecule has 2 unspecified atom stereocenters. The molecule has 6 heteroatoms. The second-order valence-electron chi connectivity index (χ2n) is 4.36. The predicted octanol–water partition coefficient (Wildman–Crippen LogP) is 0.563. The van der Waals surface area contributed by atoms with Crippen molar-refractivity contribution in [1.82, 2.24) is 10.1 Å². The van der Waals surface area contributed by atoms with Gasteiger partial charge in [0.25, 0.3) is 0 Å². The standard InChI is InChI=1S/C11H19N3O3/c12-9(7-15)11-13-10(17-14-11)5-4-8-3-1-2-6-16-8/h8-9,15H,1-7,12H2. The van der Waals surface area contributed by atoms with Crippen LogP contribution in [0.25, 0.3) is 0 Å². The Labute approximate surface area is 100 Å². The highest BCUT2D eigenvalue weighted by atomic mass is 16.5. The van der Waals surface area contributed by atoms with E-state index in [1.807, 2.05) is 0 Å². The van der Waals surface area contributed by atoms with Gasteiger partial charge in [-0.25, -0.2) is 0 Å². The number of nitrogens with zero attached hydrogens (tertiary/aromatic N) is 2. The Morgan fingerprint density at radius 1 is 1.47 bits per heavy atom. The van der Waals surface area contributed by atoms with Gasteiger partial charge in [-0.15, -0.1) is 0 Å². The Kier molecular flexibility index (Phi) is 4.47. The Bertz CT molecular complexity index is 336. The molecule has 17 heavy (non-hydrogen) atoms. The number of aryl methyl sites for hydroxylation is 1. The molecule has 96 valence electrons. The first-order valence-corrected chi connectivity index (χ1v) is 6.10. The van der Waals surface area contributed by atoms with Gasteiger partial charge in [-0.05, 0) is 25.7 Å². The van der Waals surface area contributed by atoms with Crippen LogP contribution in [0, 0.1) is 0 Å². The lowest BCUT2D eigenvalue weighted by atomic mass is 10.0. The normalized spacial score (nSPS) is 22.6. The first-order chi connectivity index (χ1) is 8.29. The van der Waals surface area contributed by atoms with Crippen LogP contribution in [0.15, 0.2) is 4.52 Å². The third-order valence-corrected chi connectivity index (χ3v) is 2.97. The molecule has 1 aromatic heterocycles. The Balaban J connectivity index is 1.80. The van der Waals surface area contributed by atoms with E-state index in [0.29, 0.717) is 24.2 Å². The molecule has 1 fully saturated rings. The van der Waals surface area contributed by atoms with Gasteiger partial charge in [0.15, 0.2) is 5.82 Å². The first-order valence-electron chi connectivity index (χ1n) is 6.10. The van der Waals surface area contributed by atoms with Crippen molar-refractivity contribution in [3.05, 3.63) is 11.7 Å². The summed E-state index contributed by atoms with van der Waals surface area (Å²) in [6.07, 6.45) is 5.41. The minimum absolute atomic E-state index is 0.176. The molecule has 3 N–H and O–H groups in total. The SMILES string of the molecule is NC(CO)c1noc(CCC2CCCCO2)n1. The molecule has 0 amide bonds. The zero-order valence-corrected chi connectivity index (χ0v) is 9.84. The summed E-state index contributed by atoms with van der Waals surface area (Å²) in [7, 11) is 0. The molecule has 1 aromatic rings. The van der Waals surface area contributed by atoms with Gasteiger partial charge in [0, 0.05) is 13.0 Å². The summed E-state index contributed by atoms with van der Waals surface area (Å²) < 4.78 is 10.7. The quantitative estimate of drug-likeness (QED) is 0.782. The summed E-state index contributed by atoms with van der Waals surface area (Å²) in [6.45, 7) is 0.680. The highest BCUT2D eigenvalue weighted by Gasteiger charge is 2.17. The summed E-state index contributed by atoms with van der Waals surface area (Å²) in [5.41, 5.74) is 5.59. The van der Waals surface area contributed by atoms with E-state index in [0.717, 1.165) is 25.9 Å². The van der Waals surface area contributed by atoms with Crippen LogP contribution in [0.5, 0.6) is 0 Å². The van der Waals surface area contributed by atoms with Crippen LogP contribution in [0.3, 0.4) is 0 Å². The predicted molar refractivity (Wildman–Crippen MR) is 60.2 cm³/mol. The van der Waals surface area contributed by atoms with Crippen molar-refractivity contribution >= 4 is 0 Å². The van der Waals surface area contributed by atoms with Crippen molar-refractivity contribution < 1.29 is 14.4 Å². The number of rotatable bonds is 5. The lowest BCUT2D eigenvalue weighted by Crippen LogP contribution is -2.19. The molecular formula is C11H19N3O3. The highest BCUT2D eigenvalue weighted by molar-refractivity contribution is 4.93. The number of aliphatic hydroxyl groups is 1. The number of nitrogens with two attached hydrogens (primary N) is 1. The maximum atomic E-state index is 8.86. The largest absolute Gasteiger partial charge is 0.394 e. The average Bonchev–Trinajstić information content (AvgIpc) is 2.85. The molecule has 0 spiro atoms. The first kappa shape index (κ1) is 12.5. The molecule has 0 radical (unpaired) electrons. The zero-order chi connectivity index (χ0) is 12.1. The van der Waals surface area contributed by atoms with Crippen LogP contribution in [0.4, 0.5) is 0 Å². The minimum Gasteiger partial charge on any atom is -0.394 e. The molecule has 0 bridgehead atoms. The number of ether oxygens (including phenoxy) is 1. The molecule has 2 atom stereocenters. The van der Waals surface area contributed by atoms with E-state index in [-0.39, 0.29) is 6.61 Å². The summed E-state index contributed by atoms with van der Waals surface area (Å²) in [4.78, 5) is 4.15. The van der Waals surface area contributed by atoms with Gasteiger partial charge in [0.2, 0.25) is 5.89 Å². The van der Waals surface area contributed by atoms with Crippen molar-refractivity contribution in [2.45, 2.75) is 44.2 Å². The lowest BCUT2D eigenvalue weighted by Gasteiger charge is -2.21. The highest BCUT2D eigenvalue weighted by Crippen LogP contribution is 2.17. The lowest BCUT2D eigenvalue weighted by molar-refractivity contribution is 0.0104. The van der Waals surface area contributed by atoms with Gasteiger partial charge in [-0.2, -0.15) is 4.98 Å². The van der Waals surface area contributed by atoms with Gasteiger partial charge in [0.05, 0.1) is 18.8 Å². The average molecular weight is 241 g/mol. The van der Waals surface area contributed by atoms with E-state index in [1.165, 1.54) is 6.42 Å². The van der Waals surface area contributed by atoms with E-state index >= 15 is 0 Å². The van der Waals surface area contributed by atoms with Crippen LogP contribution in [0.2, 0.25) is 0 Å². The van der Waals surface area contributed by atoms with Crippen molar-refractivity contribution in [3.8, 4) is 0 Å². The molecule has 0 aromatic carbocycles. The monoisotopic (exact) mass is 241 g/mol. The molecular weight excluding hydrogens is 222 g/mol. The molecule has 1 aliphatic heterocycles. The Morgan fingerprint density at radius 2 is 2.35 bits per heavy atom. The molecule has 0 aliphatic carbocycles. The van der Waals surface area contributed by atoms with E-state index < -0.39 is 6.04 Å². The third kappa shape index (κ3) is 3.49. The maximum absolute atomic E-state index is 8.86. The van der Waals surface area contributed by atoms with Crippen LogP contribution >= 0.6 is 0 Å².